The number of pyridine rings is 1. The zero-order chi connectivity index (χ0) is 15.4. The van der Waals surface area contributed by atoms with Gasteiger partial charge in [0, 0.05) is 17.8 Å². The number of hydrogen-bond acceptors (Lipinski definition) is 4. The Morgan fingerprint density at radius 1 is 1.14 bits per heavy atom. The van der Waals surface area contributed by atoms with E-state index in [-0.39, 0.29) is 0 Å². The van der Waals surface area contributed by atoms with E-state index < -0.39 is 25.9 Å². The summed E-state index contributed by atoms with van der Waals surface area (Å²) in [6.07, 6.45) is 6.42. The summed E-state index contributed by atoms with van der Waals surface area (Å²) in [5.41, 5.74) is -0.207. The fourth-order valence-corrected chi connectivity index (χ4v) is 6.75. The molecule has 2 aliphatic heterocycles. The minimum Gasteiger partial charge on any atom is -0.385 e. The minimum atomic E-state index is -3.07. The average Bonchev–Trinajstić information content (AvgIpc) is 2.48. The van der Waals surface area contributed by atoms with E-state index in [1.807, 2.05) is 24.3 Å². The lowest BCUT2D eigenvalue weighted by molar-refractivity contribution is 0.00639. The topological polar surface area (TPSA) is 67.3 Å². The molecule has 2 unspecified atom stereocenters. The van der Waals surface area contributed by atoms with Crippen LogP contribution in [0, 0.1) is 0 Å². The summed E-state index contributed by atoms with van der Waals surface area (Å²) in [5.74, 6) is 0. The third kappa shape index (κ3) is 1.99. The van der Waals surface area contributed by atoms with Crippen LogP contribution in [0.2, 0.25) is 0 Å². The second kappa shape index (κ2) is 4.77. The molecule has 5 heteroatoms. The Labute approximate surface area is 130 Å². The van der Waals surface area contributed by atoms with Crippen molar-refractivity contribution in [2.45, 2.75) is 48.2 Å². The highest BCUT2D eigenvalue weighted by atomic mass is 32.2. The van der Waals surface area contributed by atoms with Crippen LogP contribution in [0.4, 0.5) is 0 Å². The maximum atomic E-state index is 12.5. The molecule has 0 radical (unpaired) electrons. The number of hydrogen-bond donors (Lipinski definition) is 1. The van der Waals surface area contributed by atoms with Crippen molar-refractivity contribution < 1.29 is 13.5 Å². The number of aliphatic hydroxyl groups is 1. The van der Waals surface area contributed by atoms with Gasteiger partial charge in [-0.1, -0.05) is 24.6 Å². The Kier molecular flexibility index (Phi) is 3.07. The number of fused-ring (bicyclic) bond motifs is 3. The molecule has 3 heterocycles. The normalized spacial score (nSPS) is 33.7. The van der Waals surface area contributed by atoms with Crippen molar-refractivity contribution in [1.82, 2.24) is 4.98 Å². The van der Waals surface area contributed by atoms with E-state index in [1.165, 1.54) is 0 Å². The standard InChI is InChI=1S/C17H19NO3S/c19-17(9-13-4-2-5-14(10-17)22(13,20)21)16-6-1-3-12-11-18-8-7-15(12)16/h1,3,6-8,11,13-14,19H,2,4-5,9-10H2. The molecule has 0 aliphatic carbocycles. The lowest BCUT2D eigenvalue weighted by Crippen LogP contribution is -2.50. The van der Waals surface area contributed by atoms with Gasteiger partial charge in [0.1, 0.15) is 0 Å². The average molecular weight is 317 g/mol. The molecule has 2 aromatic rings. The van der Waals surface area contributed by atoms with Crippen LogP contribution in [0.25, 0.3) is 10.8 Å². The fraction of sp³-hybridized carbons (Fsp3) is 0.471. The van der Waals surface area contributed by atoms with Gasteiger partial charge >= 0.3 is 0 Å². The number of benzene rings is 1. The van der Waals surface area contributed by atoms with Gasteiger partial charge in [-0.3, -0.25) is 4.98 Å². The second-order valence-electron chi connectivity index (χ2n) is 6.61. The number of nitrogens with zero attached hydrogens (tertiary/aromatic N) is 1. The summed E-state index contributed by atoms with van der Waals surface area (Å²) in [6.45, 7) is 0. The van der Waals surface area contributed by atoms with Crippen LogP contribution in [-0.2, 0) is 15.4 Å². The van der Waals surface area contributed by atoms with Crippen LogP contribution >= 0.6 is 0 Å². The van der Waals surface area contributed by atoms with E-state index in [9.17, 15) is 13.5 Å². The van der Waals surface area contributed by atoms with Gasteiger partial charge in [-0.05, 0) is 42.7 Å². The van der Waals surface area contributed by atoms with Crippen LogP contribution in [-0.4, -0.2) is 29.0 Å². The molecule has 1 N–H and O–H groups in total. The van der Waals surface area contributed by atoms with Crippen molar-refractivity contribution in [2.24, 2.45) is 0 Å². The Hall–Kier alpha value is -1.46. The first-order chi connectivity index (χ1) is 10.5. The van der Waals surface area contributed by atoms with E-state index in [4.69, 9.17) is 0 Å². The lowest BCUT2D eigenvalue weighted by Gasteiger charge is -2.44. The van der Waals surface area contributed by atoms with E-state index in [0.717, 1.165) is 22.8 Å². The highest BCUT2D eigenvalue weighted by Crippen LogP contribution is 2.47. The molecule has 2 bridgehead atoms. The lowest BCUT2D eigenvalue weighted by atomic mass is 9.79. The summed E-state index contributed by atoms with van der Waals surface area (Å²) in [6, 6.07) is 7.71. The van der Waals surface area contributed by atoms with Gasteiger partial charge in [0.05, 0.1) is 16.1 Å². The molecule has 1 aromatic carbocycles. The zero-order valence-electron chi connectivity index (χ0n) is 12.3. The van der Waals surface area contributed by atoms with E-state index in [2.05, 4.69) is 4.98 Å². The second-order valence-corrected chi connectivity index (χ2v) is 9.12. The summed E-state index contributed by atoms with van der Waals surface area (Å²) < 4.78 is 24.9. The maximum absolute atomic E-state index is 12.5. The molecule has 0 amide bonds. The van der Waals surface area contributed by atoms with E-state index >= 15 is 0 Å². The Bertz CT molecular complexity index is 805. The number of rotatable bonds is 1. The fourth-order valence-electron chi connectivity index (χ4n) is 4.20. The van der Waals surface area contributed by atoms with Crippen LogP contribution in [0.5, 0.6) is 0 Å². The predicted molar refractivity (Wildman–Crippen MR) is 85.2 cm³/mol. The molecule has 1 aromatic heterocycles. The smallest absolute Gasteiger partial charge is 0.156 e. The SMILES string of the molecule is O=S1(=O)C2CCCC1CC(O)(c1cccc3cnccc13)C2. The molecule has 116 valence electrons. The first-order valence-corrected chi connectivity index (χ1v) is 9.40. The quantitative estimate of drug-likeness (QED) is 0.878. The van der Waals surface area contributed by atoms with Crippen LogP contribution in [0.1, 0.15) is 37.7 Å². The summed E-state index contributed by atoms with van der Waals surface area (Å²) in [7, 11) is -3.07. The minimum absolute atomic E-state index is 0.313. The van der Waals surface area contributed by atoms with E-state index in [0.29, 0.717) is 25.7 Å². The van der Waals surface area contributed by atoms with Gasteiger partial charge < -0.3 is 5.11 Å². The molecule has 22 heavy (non-hydrogen) atoms. The van der Waals surface area contributed by atoms with E-state index in [1.54, 1.807) is 12.4 Å². The van der Waals surface area contributed by atoms with Crippen molar-refractivity contribution in [3.63, 3.8) is 0 Å². The van der Waals surface area contributed by atoms with Crippen molar-refractivity contribution >= 4 is 20.6 Å². The molecular formula is C17H19NO3S. The molecule has 0 spiro atoms. The van der Waals surface area contributed by atoms with Crippen molar-refractivity contribution in [2.75, 3.05) is 0 Å². The maximum Gasteiger partial charge on any atom is 0.156 e. The Balaban J connectivity index is 1.85. The highest BCUT2D eigenvalue weighted by molar-refractivity contribution is 7.92. The summed E-state index contributed by atoms with van der Waals surface area (Å²) in [4.78, 5) is 4.12. The van der Waals surface area contributed by atoms with Crippen LogP contribution in [0.15, 0.2) is 36.7 Å². The highest BCUT2D eigenvalue weighted by Gasteiger charge is 2.51. The molecule has 2 aliphatic rings. The Morgan fingerprint density at radius 3 is 2.59 bits per heavy atom. The summed E-state index contributed by atoms with van der Waals surface area (Å²) >= 11 is 0. The number of sulfone groups is 1. The third-order valence-electron chi connectivity index (χ3n) is 5.29. The van der Waals surface area contributed by atoms with Crippen LogP contribution in [0.3, 0.4) is 0 Å². The van der Waals surface area contributed by atoms with Gasteiger partial charge in [0.15, 0.2) is 9.84 Å². The number of aromatic nitrogens is 1. The predicted octanol–water partition coefficient (Wildman–Crippen LogP) is 2.55. The van der Waals surface area contributed by atoms with Gasteiger partial charge in [-0.15, -0.1) is 0 Å². The largest absolute Gasteiger partial charge is 0.385 e. The van der Waals surface area contributed by atoms with Crippen molar-refractivity contribution in [1.29, 1.82) is 0 Å². The van der Waals surface area contributed by atoms with Crippen molar-refractivity contribution in [3.05, 3.63) is 42.2 Å². The first-order valence-electron chi connectivity index (χ1n) is 7.79. The van der Waals surface area contributed by atoms with Gasteiger partial charge in [-0.2, -0.15) is 0 Å². The molecule has 0 saturated carbocycles. The van der Waals surface area contributed by atoms with Crippen molar-refractivity contribution in [3.8, 4) is 0 Å². The van der Waals surface area contributed by atoms with Gasteiger partial charge in [0.2, 0.25) is 0 Å². The first kappa shape index (κ1) is 14.2. The Morgan fingerprint density at radius 2 is 1.86 bits per heavy atom. The molecule has 2 saturated heterocycles. The molecular weight excluding hydrogens is 298 g/mol. The van der Waals surface area contributed by atoms with Gasteiger partial charge in [0.25, 0.3) is 0 Å². The molecule has 4 nitrogen and oxygen atoms in total. The van der Waals surface area contributed by atoms with Gasteiger partial charge in [-0.25, -0.2) is 8.42 Å². The summed E-state index contributed by atoms with van der Waals surface area (Å²) in [5, 5.41) is 12.4. The van der Waals surface area contributed by atoms with Crippen LogP contribution < -0.4 is 0 Å². The monoisotopic (exact) mass is 317 g/mol. The molecule has 2 atom stereocenters. The molecule has 4 rings (SSSR count). The molecule has 2 fully saturated rings. The third-order valence-corrected chi connectivity index (χ3v) is 7.96. The zero-order valence-corrected chi connectivity index (χ0v) is 13.1.